The van der Waals surface area contributed by atoms with Crippen LogP contribution in [0.3, 0.4) is 0 Å². The van der Waals surface area contributed by atoms with Crippen LogP contribution in [0.15, 0.2) is 53.5 Å². The van der Waals surface area contributed by atoms with E-state index in [1.165, 1.54) is 0 Å². The number of para-hydroxylation sites is 2. The molecule has 0 fully saturated rings. The van der Waals surface area contributed by atoms with Gasteiger partial charge in [-0.15, -0.1) is 24.0 Å². The van der Waals surface area contributed by atoms with Crippen LogP contribution < -0.4 is 16.0 Å². The highest BCUT2D eigenvalue weighted by atomic mass is 127. The van der Waals surface area contributed by atoms with E-state index < -0.39 is 0 Å². The summed E-state index contributed by atoms with van der Waals surface area (Å²) in [6.07, 6.45) is 0.793. The zero-order chi connectivity index (χ0) is 20.6. The Morgan fingerprint density at radius 2 is 1.93 bits per heavy atom. The molecule has 8 heteroatoms. The molecule has 0 aliphatic rings. The molecular formula is C22H29IN6O. The fourth-order valence-electron chi connectivity index (χ4n) is 3.17. The predicted molar refractivity (Wildman–Crippen MR) is 132 cm³/mol. The molecular weight excluding hydrogens is 491 g/mol. The van der Waals surface area contributed by atoms with Gasteiger partial charge in [-0.25, -0.2) is 9.98 Å². The summed E-state index contributed by atoms with van der Waals surface area (Å²) in [6, 6.07) is 15.8. The molecule has 0 radical (unpaired) electrons. The van der Waals surface area contributed by atoms with Crippen LogP contribution in [-0.4, -0.2) is 41.6 Å². The van der Waals surface area contributed by atoms with Crippen LogP contribution in [0.5, 0.6) is 0 Å². The number of carbonyl (C=O) groups is 1. The minimum atomic E-state index is -0.0721. The first-order valence-electron chi connectivity index (χ1n) is 9.86. The number of hydrogen-bond acceptors (Lipinski definition) is 3. The predicted octanol–water partition coefficient (Wildman–Crippen LogP) is 2.85. The number of nitrogens with one attached hydrogen (secondary N) is 3. The van der Waals surface area contributed by atoms with Crippen molar-refractivity contribution in [2.45, 2.75) is 19.9 Å². The SMILES string of the molecule is CCNC(=NCc1nc2ccccc2n1C)NCCc1cccc(C(=O)NC)c1.I. The molecule has 0 aliphatic carbocycles. The van der Waals surface area contributed by atoms with Gasteiger partial charge >= 0.3 is 0 Å². The molecule has 1 amide bonds. The Morgan fingerprint density at radius 3 is 2.67 bits per heavy atom. The third kappa shape index (κ3) is 5.94. The monoisotopic (exact) mass is 520 g/mol. The van der Waals surface area contributed by atoms with Gasteiger partial charge in [-0.2, -0.15) is 0 Å². The lowest BCUT2D eigenvalue weighted by atomic mass is 10.1. The number of nitrogens with zero attached hydrogens (tertiary/aromatic N) is 3. The molecule has 0 bridgehead atoms. The summed E-state index contributed by atoms with van der Waals surface area (Å²) >= 11 is 0. The van der Waals surface area contributed by atoms with Gasteiger partial charge in [-0.05, 0) is 43.2 Å². The van der Waals surface area contributed by atoms with Crippen LogP contribution in [0.25, 0.3) is 11.0 Å². The molecule has 3 rings (SSSR count). The van der Waals surface area contributed by atoms with Gasteiger partial charge in [-0.3, -0.25) is 4.79 Å². The topological polar surface area (TPSA) is 83.3 Å². The van der Waals surface area contributed by atoms with Gasteiger partial charge in [0.05, 0.1) is 11.0 Å². The largest absolute Gasteiger partial charge is 0.357 e. The zero-order valence-corrected chi connectivity index (χ0v) is 19.9. The fourth-order valence-corrected chi connectivity index (χ4v) is 3.17. The third-order valence-electron chi connectivity index (χ3n) is 4.72. The maximum atomic E-state index is 11.8. The molecule has 1 aromatic heterocycles. The summed E-state index contributed by atoms with van der Waals surface area (Å²) in [6.45, 7) is 4.03. The van der Waals surface area contributed by atoms with Crippen molar-refractivity contribution in [2.75, 3.05) is 20.1 Å². The van der Waals surface area contributed by atoms with Crippen molar-refractivity contribution in [2.24, 2.45) is 12.0 Å². The van der Waals surface area contributed by atoms with Crippen LogP contribution >= 0.6 is 24.0 Å². The highest BCUT2D eigenvalue weighted by Gasteiger charge is 2.07. The molecule has 160 valence electrons. The molecule has 7 nitrogen and oxygen atoms in total. The number of fused-ring (bicyclic) bond motifs is 1. The molecule has 0 spiro atoms. The standard InChI is InChI=1S/C22H28N6O.HI/c1-4-24-22(25-13-12-16-8-7-9-17(14-16)21(29)23-2)26-15-20-27-18-10-5-6-11-19(18)28(20)3;/h5-11,14H,4,12-13,15H2,1-3H3,(H,23,29)(H2,24,25,26);1H. The zero-order valence-electron chi connectivity index (χ0n) is 17.6. The number of rotatable bonds is 7. The molecule has 3 N–H and O–H groups in total. The van der Waals surface area contributed by atoms with Crippen molar-refractivity contribution in [3.63, 3.8) is 0 Å². The number of aromatic nitrogens is 2. The summed E-state index contributed by atoms with van der Waals surface area (Å²) in [4.78, 5) is 21.1. The van der Waals surface area contributed by atoms with Gasteiger partial charge < -0.3 is 20.5 Å². The van der Waals surface area contributed by atoms with Crippen LogP contribution in [0.2, 0.25) is 0 Å². The lowest BCUT2D eigenvalue weighted by Crippen LogP contribution is -2.38. The van der Waals surface area contributed by atoms with Crippen molar-refractivity contribution < 1.29 is 4.79 Å². The van der Waals surface area contributed by atoms with E-state index in [-0.39, 0.29) is 29.9 Å². The Balaban J connectivity index is 0.00000320. The number of amides is 1. The van der Waals surface area contributed by atoms with Crippen molar-refractivity contribution >= 4 is 46.9 Å². The second-order valence-electron chi connectivity index (χ2n) is 6.73. The average Bonchev–Trinajstić information content (AvgIpc) is 3.07. The molecule has 3 aromatic rings. The maximum Gasteiger partial charge on any atom is 0.251 e. The van der Waals surface area contributed by atoms with Gasteiger partial charge in [-0.1, -0.05) is 24.3 Å². The number of aryl methyl sites for hydroxylation is 1. The first-order chi connectivity index (χ1) is 14.1. The van der Waals surface area contributed by atoms with Crippen LogP contribution in [0, 0.1) is 0 Å². The van der Waals surface area contributed by atoms with Gasteiger partial charge in [0.1, 0.15) is 12.4 Å². The van der Waals surface area contributed by atoms with Gasteiger partial charge in [0, 0.05) is 32.7 Å². The second-order valence-corrected chi connectivity index (χ2v) is 6.73. The van der Waals surface area contributed by atoms with Gasteiger partial charge in [0.15, 0.2) is 5.96 Å². The fraction of sp³-hybridized carbons (Fsp3) is 0.318. The number of guanidine groups is 1. The van der Waals surface area contributed by atoms with Crippen LogP contribution in [0.4, 0.5) is 0 Å². The Labute approximate surface area is 194 Å². The first-order valence-corrected chi connectivity index (χ1v) is 9.86. The Hall–Kier alpha value is -2.62. The summed E-state index contributed by atoms with van der Waals surface area (Å²) in [5.74, 6) is 1.60. The minimum absolute atomic E-state index is 0. The molecule has 30 heavy (non-hydrogen) atoms. The number of benzene rings is 2. The number of hydrogen-bond donors (Lipinski definition) is 3. The summed E-state index contributed by atoms with van der Waals surface area (Å²) < 4.78 is 2.08. The summed E-state index contributed by atoms with van der Waals surface area (Å²) in [7, 11) is 3.65. The van der Waals surface area contributed by atoms with E-state index in [9.17, 15) is 4.79 Å². The van der Waals surface area contributed by atoms with Crippen molar-refractivity contribution in [1.82, 2.24) is 25.5 Å². The highest BCUT2D eigenvalue weighted by molar-refractivity contribution is 14.0. The van der Waals surface area contributed by atoms with E-state index in [1.54, 1.807) is 7.05 Å². The van der Waals surface area contributed by atoms with Gasteiger partial charge in [0.2, 0.25) is 0 Å². The lowest BCUT2D eigenvalue weighted by molar-refractivity contribution is 0.0963. The van der Waals surface area contributed by atoms with Gasteiger partial charge in [0.25, 0.3) is 5.91 Å². The maximum absolute atomic E-state index is 11.8. The van der Waals surface area contributed by atoms with Crippen molar-refractivity contribution in [3.8, 4) is 0 Å². The Morgan fingerprint density at radius 1 is 1.13 bits per heavy atom. The number of halogens is 1. The second kappa shape index (κ2) is 11.5. The Bertz CT molecular complexity index is 1010. The first kappa shape index (κ1) is 23.7. The highest BCUT2D eigenvalue weighted by Crippen LogP contribution is 2.14. The van der Waals surface area contributed by atoms with E-state index in [0.717, 1.165) is 41.3 Å². The normalized spacial score (nSPS) is 11.1. The van der Waals surface area contributed by atoms with E-state index in [0.29, 0.717) is 18.7 Å². The van der Waals surface area contributed by atoms with Crippen molar-refractivity contribution in [3.05, 3.63) is 65.5 Å². The van der Waals surface area contributed by atoms with E-state index in [1.807, 2.05) is 56.4 Å². The third-order valence-corrected chi connectivity index (χ3v) is 4.72. The summed E-state index contributed by atoms with van der Waals surface area (Å²) in [5.41, 5.74) is 3.86. The quantitative estimate of drug-likeness (QED) is 0.254. The van der Waals surface area contributed by atoms with E-state index in [2.05, 4.69) is 36.6 Å². The molecule has 1 heterocycles. The smallest absolute Gasteiger partial charge is 0.251 e. The molecule has 0 atom stereocenters. The lowest BCUT2D eigenvalue weighted by Gasteiger charge is -2.11. The molecule has 0 saturated heterocycles. The number of carbonyl (C=O) groups excluding carboxylic acids is 1. The molecule has 0 aliphatic heterocycles. The van der Waals surface area contributed by atoms with E-state index in [4.69, 9.17) is 0 Å². The van der Waals surface area contributed by atoms with Crippen LogP contribution in [-0.2, 0) is 20.0 Å². The molecule has 2 aromatic carbocycles. The molecule has 0 saturated carbocycles. The number of aliphatic imine (C=N–C) groups is 1. The van der Waals surface area contributed by atoms with E-state index >= 15 is 0 Å². The van der Waals surface area contributed by atoms with Crippen molar-refractivity contribution in [1.29, 1.82) is 0 Å². The molecule has 0 unspecified atom stereocenters. The Kier molecular flexibility index (Phi) is 9.10. The number of imidazole rings is 1. The average molecular weight is 520 g/mol. The summed E-state index contributed by atoms with van der Waals surface area (Å²) in [5, 5.41) is 9.28. The van der Waals surface area contributed by atoms with Crippen LogP contribution in [0.1, 0.15) is 28.7 Å². The minimum Gasteiger partial charge on any atom is -0.357 e.